The van der Waals surface area contributed by atoms with Gasteiger partial charge in [0.25, 0.3) is 0 Å². The zero-order valence-corrected chi connectivity index (χ0v) is 51.2. The zero-order chi connectivity index (χ0) is 56.7. The minimum Gasteiger partial charge on any atom is -0.335 e. The third-order valence-electron chi connectivity index (χ3n) is 16.8. The predicted molar refractivity (Wildman–Crippen MR) is 341 cm³/mol. The Morgan fingerprint density at radius 1 is 0.333 bits per heavy atom. The van der Waals surface area contributed by atoms with Gasteiger partial charge in [-0.25, -0.2) is 0 Å². The number of fused-ring (bicyclic) bond motifs is 6. The van der Waals surface area contributed by atoms with Crippen molar-refractivity contribution in [2.24, 2.45) is 0 Å². The highest BCUT2D eigenvalue weighted by Gasteiger charge is 2.45. The molecule has 0 aliphatic heterocycles. The molecule has 0 fully saturated rings. The molecule has 10 rings (SSSR count). The monoisotopic (exact) mass is 1030 g/mol. The summed E-state index contributed by atoms with van der Waals surface area (Å²) in [5, 5.41) is 0. The van der Waals surface area contributed by atoms with Crippen molar-refractivity contribution in [2.75, 3.05) is 9.80 Å². The second-order valence-electron chi connectivity index (χ2n) is 28.2. The molecule has 0 heterocycles. The molecule has 0 unspecified atom stereocenters. The molecule has 2 nitrogen and oxygen atoms in total. The second-order valence-corrected chi connectivity index (χ2v) is 28.2. The Morgan fingerprint density at radius 3 is 1.18 bits per heavy atom. The van der Waals surface area contributed by atoms with Crippen LogP contribution in [0.2, 0.25) is 0 Å². The molecule has 78 heavy (non-hydrogen) atoms. The highest BCUT2D eigenvalue weighted by molar-refractivity contribution is 5.92. The van der Waals surface area contributed by atoms with Crippen molar-refractivity contribution < 1.29 is 0 Å². The SMILES string of the molecule is CC(C)(C)c1cc(-c2ccccc2)ccc1N(c1c(C(C)(C)C)ccc2c1C(C)(C)c1ccccc1-2)C(C)(C)C.CC(C)c1cc(-c2ccccc2)ccc1N(c1c(C(C)C)ccc2c1C(C)(C)c1ccccc1-2)C(C)(C)C. The molecule has 2 aliphatic carbocycles. The molecule has 8 aromatic carbocycles. The van der Waals surface area contributed by atoms with E-state index in [1.165, 1.54) is 112 Å². The number of nitrogens with zero attached hydrogens (tertiary/aromatic N) is 2. The highest BCUT2D eigenvalue weighted by atomic mass is 15.2. The Labute approximate surface area is 472 Å². The summed E-state index contributed by atoms with van der Waals surface area (Å²) in [5.74, 6) is 0.800. The summed E-state index contributed by atoms with van der Waals surface area (Å²) < 4.78 is 0. The normalized spacial score (nSPS) is 14.3. The Balaban J connectivity index is 0.000000190. The van der Waals surface area contributed by atoms with Crippen LogP contribution in [0.1, 0.15) is 195 Å². The molecular weight excluding hydrogens is 941 g/mol. The van der Waals surface area contributed by atoms with Crippen LogP contribution in [-0.4, -0.2) is 11.1 Å². The Morgan fingerprint density at radius 2 is 0.731 bits per heavy atom. The lowest BCUT2D eigenvalue weighted by Crippen LogP contribution is -2.41. The van der Waals surface area contributed by atoms with E-state index >= 15 is 0 Å². The van der Waals surface area contributed by atoms with Crippen molar-refractivity contribution in [1.82, 2.24) is 0 Å². The van der Waals surface area contributed by atoms with Gasteiger partial charge in [0.05, 0.1) is 5.69 Å². The lowest BCUT2D eigenvalue weighted by Gasteiger charge is -2.45. The van der Waals surface area contributed by atoms with Gasteiger partial charge in [0.1, 0.15) is 0 Å². The fraction of sp³-hybridized carbons (Fsp3) is 0.368. The van der Waals surface area contributed by atoms with Gasteiger partial charge < -0.3 is 9.80 Å². The standard InChI is InChI=1S/C39H47N.C37H43N/c1-36(2,3)31-23-22-29-28-19-15-16-20-30(28)39(10,11)34(29)35(31)40(38(7,8)9)33-24-21-27(25-32(33)37(4,5)6)26-17-13-12-14-18-26;1-24(2)28-20-21-30-29-17-13-14-18-32(29)37(8,9)34(30)35(28)38(36(5,6)7)33-22-19-27(23-31(33)25(3)4)26-15-11-10-12-16-26/h12-25H,1-11H3;10-25H,1-9H3. The molecule has 0 amide bonds. The third kappa shape index (κ3) is 10.1. The molecule has 0 aromatic heterocycles. The summed E-state index contributed by atoms with van der Waals surface area (Å²) in [6, 6.07) is 63.4. The van der Waals surface area contributed by atoms with Gasteiger partial charge >= 0.3 is 0 Å². The molecule has 0 bridgehead atoms. The Hall–Kier alpha value is -6.64. The average Bonchev–Trinajstić information content (AvgIpc) is 3.89. The first-order valence-electron chi connectivity index (χ1n) is 29.0. The highest BCUT2D eigenvalue weighted by Crippen LogP contribution is 2.59. The van der Waals surface area contributed by atoms with Crippen molar-refractivity contribution >= 4 is 22.7 Å². The molecule has 0 spiro atoms. The fourth-order valence-electron chi connectivity index (χ4n) is 13.1. The summed E-state index contributed by atoms with van der Waals surface area (Å²) >= 11 is 0. The van der Waals surface area contributed by atoms with Crippen LogP contribution in [0.5, 0.6) is 0 Å². The van der Waals surface area contributed by atoms with Crippen molar-refractivity contribution in [3.63, 3.8) is 0 Å². The molecule has 0 radical (unpaired) electrons. The van der Waals surface area contributed by atoms with E-state index in [-0.39, 0.29) is 32.7 Å². The molecule has 2 aliphatic rings. The van der Waals surface area contributed by atoms with E-state index in [0.717, 1.165) is 0 Å². The second kappa shape index (κ2) is 20.2. The zero-order valence-electron chi connectivity index (χ0n) is 51.2. The Bertz CT molecular complexity index is 3480. The first-order chi connectivity index (χ1) is 36.5. The molecule has 0 atom stereocenters. The van der Waals surface area contributed by atoms with E-state index in [1.54, 1.807) is 0 Å². The van der Waals surface area contributed by atoms with E-state index in [0.29, 0.717) is 11.8 Å². The van der Waals surface area contributed by atoms with Gasteiger partial charge in [0.2, 0.25) is 0 Å². The maximum absolute atomic E-state index is 2.68. The number of benzene rings is 8. The van der Waals surface area contributed by atoms with E-state index in [9.17, 15) is 0 Å². The van der Waals surface area contributed by atoms with Gasteiger partial charge in [-0.2, -0.15) is 0 Å². The molecular formula is C76H90N2. The van der Waals surface area contributed by atoms with Crippen LogP contribution in [0.25, 0.3) is 44.5 Å². The van der Waals surface area contributed by atoms with Gasteiger partial charge in [0.15, 0.2) is 0 Å². The van der Waals surface area contributed by atoms with Gasteiger partial charge in [-0.15, -0.1) is 0 Å². The molecule has 0 N–H and O–H groups in total. The van der Waals surface area contributed by atoms with Gasteiger partial charge in [-0.1, -0.05) is 243 Å². The van der Waals surface area contributed by atoms with E-state index in [1.807, 2.05) is 0 Å². The van der Waals surface area contributed by atoms with Crippen LogP contribution >= 0.6 is 0 Å². The van der Waals surface area contributed by atoms with Crippen LogP contribution in [0.15, 0.2) is 170 Å². The van der Waals surface area contributed by atoms with Crippen LogP contribution < -0.4 is 9.80 Å². The third-order valence-corrected chi connectivity index (χ3v) is 16.8. The van der Waals surface area contributed by atoms with Crippen LogP contribution in [-0.2, 0) is 21.7 Å². The summed E-state index contributed by atoms with van der Waals surface area (Å²) in [6.07, 6.45) is 0. The van der Waals surface area contributed by atoms with E-state index in [2.05, 4.69) is 318 Å². The predicted octanol–water partition coefficient (Wildman–Crippen LogP) is 22.0. The Kier molecular flexibility index (Phi) is 14.5. The number of anilines is 4. The average molecular weight is 1030 g/mol. The number of rotatable bonds is 8. The maximum Gasteiger partial charge on any atom is 0.0501 e. The molecule has 0 saturated carbocycles. The minimum atomic E-state index is -0.158. The quantitative estimate of drug-likeness (QED) is 0.150. The van der Waals surface area contributed by atoms with Crippen LogP contribution in [0.4, 0.5) is 22.7 Å². The number of hydrogen-bond donors (Lipinski definition) is 0. The summed E-state index contributed by atoms with van der Waals surface area (Å²) in [4.78, 5) is 5.34. The molecule has 8 aromatic rings. The lowest BCUT2D eigenvalue weighted by molar-refractivity contribution is 0.526. The maximum atomic E-state index is 2.68. The van der Waals surface area contributed by atoms with E-state index in [4.69, 9.17) is 0 Å². The summed E-state index contributed by atoms with van der Waals surface area (Å²) in [5.41, 5.74) is 26.7. The molecule has 0 saturated heterocycles. The smallest absolute Gasteiger partial charge is 0.0501 e. The van der Waals surface area contributed by atoms with Crippen molar-refractivity contribution in [3.8, 4) is 44.5 Å². The lowest BCUT2D eigenvalue weighted by atomic mass is 9.75. The van der Waals surface area contributed by atoms with Gasteiger partial charge in [0, 0.05) is 39.0 Å². The molecule has 2 heteroatoms. The van der Waals surface area contributed by atoms with Crippen LogP contribution in [0, 0.1) is 0 Å². The largest absolute Gasteiger partial charge is 0.335 e. The van der Waals surface area contributed by atoms with Crippen molar-refractivity contribution in [3.05, 3.63) is 214 Å². The minimum absolute atomic E-state index is 0.0232. The summed E-state index contributed by atoms with van der Waals surface area (Å²) in [6.45, 7) is 47.3. The van der Waals surface area contributed by atoms with Gasteiger partial charge in [-0.3, -0.25) is 0 Å². The van der Waals surface area contributed by atoms with Crippen molar-refractivity contribution in [2.45, 2.75) is 183 Å². The summed E-state index contributed by atoms with van der Waals surface area (Å²) in [7, 11) is 0. The fourth-order valence-corrected chi connectivity index (χ4v) is 13.1. The number of hydrogen-bond acceptors (Lipinski definition) is 2. The van der Waals surface area contributed by atoms with Crippen LogP contribution in [0.3, 0.4) is 0 Å². The van der Waals surface area contributed by atoms with Crippen molar-refractivity contribution in [1.29, 1.82) is 0 Å². The first-order valence-corrected chi connectivity index (χ1v) is 29.0. The van der Waals surface area contributed by atoms with E-state index < -0.39 is 0 Å². The topological polar surface area (TPSA) is 6.48 Å². The molecule has 404 valence electrons. The van der Waals surface area contributed by atoms with Gasteiger partial charge in [-0.05, 0) is 177 Å². The first kappa shape index (κ1) is 56.1.